The van der Waals surface area contributed by atoms with Crippen molar-refractivity contribution in [3.05, 3.63) is 16.7 Å². The second-order valence-corrected chi connectivity index (χ2v) is 4.89. The van der Waals surface area contributed by atoms with Gasteiger partial charge in [0.15, 0.2) is 5.82 Å². The van der Waals surface area contributed by atoms with Crippen LogP contribution < -0.4 is 16.7 Å². The molecule has 1 amide bonds. The summed E-state index contributed by atoms with van der Waals surface area (Å²) in [6.07, 6.45) is -0.685. The maximum absolute atomic E-state index is 11.7. The molecule has 0 radical (unpaired) electrons. The van der Waals surface area contributed by atoms with Crippen molar-refractivity contribution < 1.29 is 19.7 Å². The number of aromatic nitrogens is 2. The summed E-state index contributed by atoms with van der Waals surface area (Å²) >= 11 is 1.35. The highest BCUT2D eigenvalue weighted by Gasteiger charge is 2.28. The third kappa shape index (κ3) is 2.97. The van der Waals surface area contributed by atoms with E-state index in [0.29, 0.717) is 5.75 Å². The van der Waals surface area contributed by atoms with Crippen LogP contribution in [0.15, 0.2) is 11.0 Å². The fourth-order valence-corrected chi connectivity index (χ4v) is 2.51. The number of nitrogen functional groups attached to an aromatic ring is 1. The Morgan fingerprint density at radius 3 is 3.05 bits per heavy atom. The van der Waals surface area contributed by atoms with Crippen molar-refractivity contribution in [1.29, 1.82) is 0 Å². The number of nitrogens with one attached hydrogen (secondary N) is 1. The Kier molecular flexibility index (Phi) is 3.93. The van der Waals surface area contributed by atoms with Crippen LogP contribution in [0.25, 0.3) is 0 Å². The summed E-state index contributed by atoms with van der Waals surface area (Å²) in [4.78, 5) is 25.8. The Balaban J connectivity index is 2.30. The molecule has 2 rings (SSSR count). The first-order valence-electron chi connectivity index (χ1n) is 5.27. The summed E-state index contributed by atoms with van der Waals surface area (Å²) in [5.74, 6) is 0.247. The van der Waals surface area contributed by atoms with Gasteiger partial charge in [-0.05, 0) is 0 Å². The normalized spacial score (nSPS) is 22.4. The van der Waals surface area contributed by atoms with Gasteiger partial charge in [-0.15, -0.1) is 11.8 Å². The predicted molar refractivity (Wildman–Crippen MR) is 68.0 cm³/mol. The Morgan fingerprint density at radius 1 is 1.74 bits per heavy atom. The van der Waals surface area contributed by atoms with Crippen molar-refractivity contribution in [2.75, 3.05) is 23.4 Å². The van der Waals surface area contributed by atoms with Crippen LogP contribution in [0.4, 0.5) is 16.3 Å². The van der Waals surface area contributed by atoms with Crippen LogP contribution in [0.5, 0.6) is 0 Å². The summed E-state index contributed by atoms with van der Waals surface area (Å²) < 4.78 is 6.54. The summed E-state index contributed by atoms with van der Waals surface area (Å²) in [5, 5.41) is 19.7. The second kappa shape index (κ2) is 5.47. The zero-order chi connectivity index (χ0) is 14.0. The van der Waals surface area contributed by atoms with Gasteiger partial charge in [-0.2, -0.15) is 4.98 Å². The predicted octanol–water partition coefficient (Wildman–Crippen LogP) is -0.504. The summed E-state index contributed by atoms with van der Waals surface area (Å²) in [6.45, 7) is -0.168. The molecule has 1 aliphatic heterocycles. The molecule has 0 unspecified atom stereocenters. The first kappa shape index (κ1) is 13.6. The van der Waals surface area contributed by atoms with Crippen LogP contribution in [-0.4, -0.2) is 43.7 Å². The molecule has 10 heteroatoms. The number of carbonyl (C=O) groups is 1. The van der Waals surface area contributed by atoms with Gasteiger partial charge in [0.1, 0.15) is 17.4 Å². The number of anilines is 2. The van der Waals surface area contributed by atoms with Crippen molar-refractivity contribution in [2.45, 2.75) is 11.7 Å². The number of aliphatic hydroxyl groups excluding tert-OH is 1. The minimum absolute atomic E-state index is 0.00754. The van der Waals surface area contributed by atoms with E-state index in [1.807, 2.05) is 5.32 Å². The van der Waals surface area contributed by atoms with Crippen LogP contribution in [0.2, 0.25) is 0 Å². The fourth-order valence-electron chi connectivity index (χ4n) is 1.58. The molecule has 2 atom stereocenters. The molecule has 0 aliphatic carbocycles. The molecule has 9 nitrogen and oxygen atoms in total. The number of nitrogens with zero attached hydrogens (tertiary/aromatic N) is 2. The molecule has 1 aromatic rings. The lowest BCUT2D eigenvalue weighted by molar-refractivity contribution is -0.00620. The Morgan fingerprint density at radius 2 is 2.47 bits per heavy atom. The number of amides is 1. The van der Waals surface area contributed by atoms with Crippen LogP contribution in [-0.2, 0) is 4.74 Å². The zero-order valence-corrected chi connectivity index (χ0v) is 10.5. The van der Waals surface area contributed by atoms with Crippen LogP contribution in [0.3, 0.4) is 0 Å². The zero-order valence-electron chi connectivity index (χ0n) is 9.65. The number of nitrogens with two attached hydrogens (primary N) is 1. The smallest absolute Gasteiger partial charge is 0.409 e. The minimum atomic E-state index is -1.31. The summed E-state index contributed by atoms with van der Waals surface area (Å²) in [6, 6.07) is 0. The van der Waals surface area contributed by atoms with Gasteiger partial charge < -0.3 is 20.7 Å². The number of ether oxygens (including phenoxy) is 1. The monoisotopic (exact) mass is 288 g/mol. The summed E-state index contributed by atoms with van der Waals surface area (Å²) in [7, 11) is 0. The van der Waals surface area contributed by atoms with Crippen LogP contribution >= 0.6 is 11.8 Å². The molecule has 0 aromatic carbocycles. The van der Waals surface area contributed by atoms with E-state index >= 15 is 0 Å². The van der Waals surface area contributed by atoms with Gasteiger partial charge in [-0.25, -0.2) is 9.59 Å². The Labute approximate surface area is 111 Å². The average Bonchev–Trinajstić information content (AvgIpc) is 2.80. The van der Waals surface area contributed by atoms with Gasteiger partial charge >= 0.3 is 11.8 Å². The van der Waals surface area contributed by atoms with Crippen molar-refractivity contribution >= 4 is 29.4 Å². The molecule has 19 heavy (non-hydrogen) atoms. The highest BCUT2D eigenvalue weighted by molar-refractivity contribution is 8.00. The number of hydrogen-bond acceptors (Lipinski definition) is 7. The van der Waals surface area contributed by atoms with Gasteiger partial charge in [0.25, 0.3) is 0 Å². The molecule has 1 aromatic heterocycles. The quantitative estimate of drug-likeness (QED) is 0.583. The number of thioether (sulfide) groups is 1. The first-order chi connectivity index (χ1) is 9.01. The third-order valence-electron chi connectivity index (χ3n) is 2.42. The Bertz CT molecular complexity index is 548. The lowest BCUT2D eigenvalue weighted by atomic mass is 10.4. The molecule has 1 aliphatic rings. The van der Waals surface area contributed by atoms with E-state index in [0.717, 1.165) is 4.57 Å². The van der Waals surface area contributed by atoms with Gasteiger partial charge in [-0.3, -0.25) is 9.88 Å². The van der Waals surface area contributed by atoms with E-state index in [1.165, 1.54) is 18.0 Å². The van der Waals surface area contributed by atoms with E-state index in [1.54, 1.807) is 0 Å². The van der Waals surface area contributed by atoms with Crippen LogP contribution in [0.1, 0.15) is 6.23 Å². The largest absolute Gasteiger partial charge is 0.465 e. The van der Waals surface area contributed by atoms with E-state index in [9.17, 15) is 9.59 Å². The molecule has 5 N–H and O–H groups in total. The summed E-state index contributed by atoms with van der Waals surface area (Å²) in [5.41, 5.74) is 4.41. The number of rotatable bonds is 3. The van der Waals surface area contributed by atoms with Gasteiger partial charge in [0, 0.05) is 11.9 Å². The Hall–Kier alpha value is -1.78. The average molecular weight is 288 g/mol. The molecule has 0 bridgehead atoms. The van der Waals surface area contributed by atoms with E-state index < -0.39 is 23.4 Å². The maximum Gasteiger partial charge on any atom is 0.409 e. The van der Waals surface area contributed by atoms with E-state index in [2.05, 4.69) is 4.98 Å². The molecule has 1 saturated heterocycles. The van der Waals surface area contributed by atoms with Crippen molar-refractivity contribution in [3.8, 4) is 0 Å². The minimum Gasteiger partial charge on any atom is -0.465 e. The maximum atomic E-state index is 11.7. The number of hydrogen-bond donors (Lipinski definition) is 4. The lowest BCUT2D eigenvalue weighted by Crippen LogP contribution is -2.30. The SMILES string of the molecule is Nc1nc(=O)n([C@H]2CS[C@@H](CO)O2)cc1NC(=O)O. The van der Waals surface area contributed by atoms with Crippen molar-refractivity contribution in [3.63, 3.8) is 0 Å². The lowest BCUT2D eigenvalue weighted by Gasteiger charge is -2.15. The van der Waals surface area contributed by atoms with Gasteiger partial charge in [0.2, 0.25) is 0 Å². The first-order valence-corrected chi connectivity index (χ1v) is 6.32. The highest BCUT2D eigenvalue weighted by atomic mass is 32.2. The van der Waals surface area contributed by atoms with E-state index in [4.69, 9.17) is 20.7 Å². The standard InChI is InChI=1S/C9H12N4O5S/c10-7-4(11-9(16)17)1-13(8(15)12-7)5-3-19-6(2-14)18-5/h1,5-6,11,14H,2-3H2,(H,16,17)(H2,10,12,15)/t5-,6+/m1/s1. The number of carboxylic acid groups (broad SMARTS) is 1. The molecular formula is C9H12N4O5S. The molecule has 0 saturated carbocycles. The van der Waals surface area contributed by atoms with Crippen molar-refractivity contribution in [1.82, 2.24) is 9.55 Å². The van der Waals surface area contributed by atoms with Crippen LogP contribution in [0, 0.1) is 0 Å². The highest BCUT2D eigenvalue weighted by Crippen LogP contribution is 2.31. The molecule has 2 heterocycles. The van der Waals surface area contributed by atoms with Gasteiger partial charge in [0.05, 0.1) is 6.61 Å². The third-order valence-corrected chi connectivity index (χ3v) is 3.53. The fraction of sp³-hybridized carbons (Fsp3) is 0.444. The second-order valence-electron chi connectivity index (χ2n) is 3.70. The van der Waals surface area contributed by atoms with E-state index in [-0.39, 0.29) is 18.1 Å². The van der Waals surface area contributed by atoms with Gasteiger partial charge in [-0.1, -0.05) is 0 Å². The molecule has 0 spiro atoms. The topological polar surface area (TPSA) is 140 Å². The molecule has 104 valence electrons. The van der Waals surface area contributed by atoms with Crippen molar-refractivity contribution in [2.24, 2.45) is 0 Å². The number of aliphatic hydroxyl groups is 1. The molecular weight excluding hydrogens is 276 g/mol. The molecule has 1 fully saturated rings.